The van der Waals surface area contributed by atoms with Crippen LogP contribution < -0.4 is 0 Å². The lowest BCUT2D eigenvalue weighted by atomic mass is 9.96. The lowest BCUT2D eigenvalue weighted by molar-refractivity contribution is -0.174. The van der Waals surface area contributed by atoms with Gasteiger partial charge in [0, 0.05) is 49.8 Å². The summed E-state index contributed by atoms with van der Waals surface area (Å²) in [6, 6.07) is 0. The Kier molecular flexibility index (Phi) is 40.5. The smallest absolute Gasteiger partial charge is 0.338 e. The van der Waals surface area contributed by atoms with Gasteiger partial charge in [-0.25, -0.2) is 33.6 Å². The molecule has 0 spiro atoms. The maximum absolute atomic E-state index is 11.6. The molecule has 4 aliphatic carbocycles. The fourth-order valence-corrected chi connectivity index (χ4v) is 5.65. The molecule has 0 heterocycles. The van der Waals surface area contributed by atoms with E-state index < -0.39 is 39.2 Å². The number of carbonyl (C=O) groups excluding carboxylic acids is 7. The van der Waals surface area contributed by atoms with E-state index in [1.54, 1.807) is 104 Å². The van der Waals surface area contributed by atoms with Crippen LogP contribution in [0.5, 0.6) is 0 Å². The van der Waals surface area contributed by atoms with Gasteiger partial charge in [0.2, 0.25) is 0 Å². The van der Waals surface area contributed by atoms with Crippen molar-refractivity contribution in [2.24, 2.45) is 0 Å². The number of esters is 7. The first-order chi connectivity index (χ1) is 37.7. The number of hydrogen-bond acceptors (Lipinski definition) is 21. The van der Waals surface area contributed by atoms with Crippen molar-refractivity contribution in [3.63, 3.8) is 0 Å². The summed E-state index contributed by atoms with van der Waals surface area (Å²) in [5, 5.41) is 0. The van der Waals surface area contributed by atoms with Gasteiger partial charge in [0.05, 0.1) is 19.3 Å². The molecule has 0 amide bonds. The molecule has 0 unspecified atom stereocenters. The highest BCUT2D eigenvalue weighted by Gasteiger charge is 2.37. The largest absolute Gasteiger partial charge is 0.464 e. The summed E-state index contributed by atoms with van der Waals surface area (Å²) in [5.74, 6) is -1.96. The first-order valence-electron chi connectivity index (χ1n) is 29.0. The summed E-state index contributed by atoms with van der Waals surface area (Å²) in [6.07, 6.45) is 16.5. The predicted octanol–water partition coefficient (Wildman–Crippen LogP) is 10.5. The van der Waals surface area contributed by atoms with Crippen LogP contribution in [0.4, 0.5) is 0 Å². The molecular formula is C61H114O21. The van der Waals surface area contributed by atoms with Crippen molar-refractivity contribution in [2.75, 3.05) is 63.0 Å². The van der Waals surface area contributed by atoms with E-state index in [1.165, 1.54) is 88.3 Å². The van der Waals surface area contributed by atoms with Crippen molar-refractivity contribution in [3.05, 3.63) is 0 Å². The average molecular weight is 1180 g/mol. The second kappa shape index (κ2) is 40.3. The molecule has 21 nitrogen and oxygen atoms in total. The Hall–Kier alpha value is -3.99. The van der Waals surface area contributed by atoms with E-state index in [-0.39, 0.29) is 72.3 Å². The Morgan fingerprint density at radius 1 is 0.329 bits per heavy atom. The summed E-state index contributed by atoms with van der Waals surface area (Å²) in [7, 11) is 10.5. The first-order valence-corrected chi connectivity index (χ1v) is 29.0. The van der Waals surface area contributed by atoms with Crippen LogP contribution in [-0.2, 0) is 99.9 Å². The number of rotatable bonds is 22. The fourth-order valence-electron chi connectivity index (χ4n) is 5.65. The molecule has 0 aliphatic heterocycles. The third-order valence-corrected chi connectivity index (χ3v) is 13.6. The van der Waals surface area contributed by atoms with Gasteiger partial charge in [-0.05, 0) is 208 Å². The van der Waals surface area contributed by atoms with Gasteiger partial charge in [-0.1, -0.05) is 13.3 Å². The van der Waals surface area contributed by atoms with Crippen LogP contribution >= 0.6 is 0 Å². The molecule has 0 aromatic heterocycles. The third kappa shape index (κ3) is 35.3. The second-order valence-corrected chi connectivity index (χ2v) is 23.9. The van der Waals surface area contributed by atoms with Gasteiger partial charge >= 0.3 is 41.8 Å². The Morgan fingerprint density at radius 3 is 0.780 bits per heavy atom. The van der Waals surface area contributed by atoms with Crippen LogP contribution in [0, 0.1) is 0 Å². The summed E-state index contributed by atoms with van der Waals surface area (Å²) in [4.78, 5) is 78.9. The standard InChI is InChI=1S/C11H20O3.C10H18O3.C9H16O3.C8H14O3.2C8H16O3.C7H14O3/c1-11(2,13-3)10(12)14-9-7-5-4-6-8-9;1-10(2,12-3)9(11)13-8-6-4-5-7-8;1-9(2,11-3)8(10)12-7-5-4-6-7;1-8(2,10-3)7(9)11-6-4-5-6;1-6(2)11-7(9)8(3,4)10-5;1-5-6-11-7(9)8(2,3)10-4;1-5-10-6(8)7(2,3)9-4/h9H,4-8H2,1-3H3;8H,4-7H2,1-3H3;7H,4-6H2,1-3H3;6H,4-5H2,1-3H3;6H,1-5H3;5-6H2,1-4H3;5H2,1-4H3. The first kappa shape index (κ1) is 82.2. The molecule has 4 fully saturated rings. The van der Waals surface area contributed by atoms with Gasteiger partial charge in [0.15, 0.2) is 39.2 Å². The Balaban J connectivity index is -0.000000891. The van der Waals surface area contributed by atoms with E-state index in [0.29, 0.717) is 13.2 Å². The highest BCUT2D eigenvalue weighted by molar-refractivity contribution is 5.81. The van der Waals surface area contributed by atoms with Crippen LogP contribution in [0.1, 0.15) is 221 Å². The van der Waals surface area contributed by atoms with Gasteiger partial charge in [0.1, 0.15) is 24.4 Å². The molecule has 0 saturated heterocycles. The molecular weight excluding hydrogens is 1070 g/mol. The lowest BCUT2D eigenvalue weighted by Gasteiger charge is -2.29. The monoisotopic (exact) mass is 1180 g/mol. The molecule has 484 valence electrons. The van der Waals surface area contributed by atoms with Gasteiger partial charge in [-0.3, -0.25) is 0 Å². The van der Waals surface area contributed by atoms with E-state index in [4.69, 9.17) is 66.3 Å². The van der Waals surface area contributed by atoms with Crippen LogP contribution in [0.15, 0.2) is 0 Å². The fraction of sp³-hybridized carbons (Fsp3) is 0.885. The van der Waals surface area contributed by atoms with Crippen LogP contribution in [0.25, 0.3) is 0 Å². The number of hydrogen-bond donors (Lipinski definition) is 0. The minimum atomic E-state index is -0.829. The Bertz CT molecular complexity index is 1790. The van der Waals surface area contributed by atoms with Crippen molar-refractivity contribution >= 4 is 41.8 Å². The van der Waals surface area contributed by atoms with Gasteiger partial charge in [-0.2, -0.15) is 0 Å². The highest BCUT2D eigenvalue weighted by atomic mass is 16.6. The minimum Gasteiger partial charge on any atom is -0.464 e. The summed E-state index contributed by atoms with van der Waals surface area (Å²) >= 11 is 0. The normalized spacial score (nSPS) is 15.9. The number of methoxy groups -OCH3 is 7. The molecule has 21 heteroatoms. The van der Waals surface area contributed by atoms with Crippen molar-refractivity contribution < 1.29 is 99.9 Å². The van der Waals surface area contributed by atoms with Gasteiger partial charge in [0.25, 0.3) is 0 Å². The zero-order chi connectivity index (χ0) is 64.3. The third-order valence-electron chi connectivity index (χ3n) is 13.6. The SMILES string of the molecule is CCCOC(=O)C(C)(C)OC.CCOC(=O)C(C)(C)OC.COC(C)(C)C(=O)OC(C)C.COC(C)(C)C(=O)OC1CC1.COC(C)(C)C(=O)OC1CCC1.COC(C)(C)C(=O)OC1CCCC1.COC(C)(C)C(=O)OC1CCCCC1. The Labute approximate surface area is 493 Å². The lowest BCUT2D eigenvalue weighted by Crippen LogP contribution is -2.39. The van der Waals surface area contributed by atoms with E-state index in [2.05, 4.69) is 0 Å². The van der Waals surface area contributed by atoms with Gasteiger partial charge < -0.3 is 66.3 Å². The molecule has 4 saturated carbocycles. The van der Waals surface area contributed by atoms with Crippen molar-refractivity contribution in [1.29, 1.82) is 0 Å². The zero-order valence-electron chi connectivity index (χ0n) is 55.5. The molecule has 0 atom stereocenters. The molecule has 0 aromatic carbocycles. The van der Waals surface area contributed by atoms with E-state index in [1.807, 2.05) is 20.8 Å². The molecule has 0 bridgehead atoms. The number of carbonyl (C=O) groups is 7. The predicted molar refractivity (Wildman–Crippen MR) is 311 cm³/mol. The maximum Gasteiger partial charge on any atom is 0.338 e. The molecule has 0 radical (unpaired) electrons. The molecule has 0 N–H and O–H groups in total. The minimum absolute atomic E-state index is 0.0862. The summed E-state index contributed by atoms with van der Waals surface area (Å²) in [6.45, 7) is 32.0. The number of ether oxygens (including phenoxy) is 14. The summed E-state index contributed by atoms with van der Waals surface area (Å²) < 4.78 is 70.3. The van der Waals surface area contributed by atoms with Crippen LogP contribution in [0.3, 0.4) is 0 Å². The van der Waals surface area contributed by atoms with E-state index in [9.17, 15) is 33.6 Å². The van der Waals surface area contributed by atoms with Crippen molar-refractivity contribution in [2.45, 2.75) is 291 Å². The second-order valence-electron chi connectivity index (χ2n) is 23.9. The maximum atomic E-state index is 11.6. The summed E-state index contributed by atoms with van der Waals surface area (Å²) in [5.41, 5.74) is -5.65. The van der Waals surface area contributed by atoms with Crippen LogP contribution in [0.2, 0.25) is 0 Å². The average Bonchev–Trinajstić information content (AvgIpc) is 4.10. The molecule has 4 aliphatic rings. The van der Waals surface area contributed by atoms with Gasteiger partial charge in [-0.15, -0.1) is 0 Å². The zero-order valence-corrected chi connectivity index (χ0v) is 55.5. The molecule has 0 aromatic rings. The molecule has 4 rings (SSSR count). The van der Waals surface area contributed by atoms with E-state index >= 15 is 0 Å². The topological polar surface area (TPSA) is 249 Å². The quantitative estimate of drug-likeness (QED) is 0.0722. The highest BCUT2D eigenvalue weighted by Crippen LogP contribution is 2.27. The Morgan fingerprint density at radius 2 is 0.561 bits per heavy atom. The molecule has 82 heavy (non-hydrogen) atoms. The van der Waals surface area contributed by atoms with Crippen molar-refractivity contribution in [1.82, 2.24) is 0 Å². The van der Waals surface area contributed by atoms with E-state index in [0.717, 1.165) is 57.8 Å². The van der Waals surface area contributed by atoms with Crippen molar-refractivity contribution in [3.8, 4) is 0 Å². The van der Waals surface area contributed by atoms with Crippen LogP contribution in [-0.4, -0.2) is 174 Å².